The fourth-order valence-corrected chi connectivity index (χ4v) is 37.6. The van der Waals surface area contributed by atoms with Crippen molar-refractivity contribution in [2.75, 3.05) is 0 Å². The molecule has 6 rings (SSSR count). The summed E-state index contributed by atoms with van der Waals surface area (Å²) in [4.78, 5) is 5.95. The van der Waals surface area contributed by atoms with Gasteiger partial charge in [-0.15, -0.1) is 45.3 Å². The van der Waals surface area contributed by atoms with Crippen LogP contribution in [0.15, 0.2) is 58.6 Å². The van der Waals surface area contributed by atoms with Gasteiger partial charge in [0.2, 0.25) is 0 Å². The van der Waals surface area contributed by atoms with E-state index in [0.717, 1.165) is 0 Å². The zero-order chi connectivity index (χ0) is 53.7. The van der Waals surface area contributed by atoms with Crippen molar-refractivity contribution in [1.82, 2.24) is 0 Å². The second-order valence-electron chi connectivity index (χ2n) is 23.3. The van der Waals surface area contributed by atoms with Gasteiger partial charge in [-0.25, -0.2) is 0 Å². The molecule has 0 spiro atoms. The van der Waals surface area contributed by atoms with E-state index in [4.69, 9.17) is 0 Å². The molecule has 0 aliphatic carbocycles. The molecule has 0 fully saturated rings. The molecule has 0 N–H and O–H groups in total. The molecule has 5 heterocycles. The molecule has 0 radical (unpaired) electrons. The van der Waals surface area contributed by atoms with Gasteiger partial charge in [0.25, 0.3) is 0 Å². The predicted octanol–water partition coefficient (Wildman–Crippen LogP) is 26.8. The molecule has 76 heavy (non-hydrogen) atoms. The molecule has 1 aromatic carbocycles. The van der Waals surface area contributed by atoms with Gasteiger partial charge in [-0.05, 0) is 84.0 Å². The minimum atomic E-state index is -2.22. The van der Waals surface area contributed by atoms with Gasteiger partial charge in [-0.1, -0.05) is 143 Å². The van der Waals surface area contributed by atoms with Crippen molar-refractivity contribution in [3.8, 4) is 19.5 Å². The molecular weight excluding hydrogens is 1120 g/mol. The molecule has 6 aromatic rings. The van der Waals surface area contributed by atoms with E-state index in [0.29, 0.717) is 0 Å². The topological polar surface area (TPSA) is 0 Å². The molecule has 0 nitrogen and oxygen atoms in total. The number of hydrogen-bond acceptors (Lipinski definition) is 5. The number of fused-ring (bicyclic) bond motifs is 3. The fourth-order valence-electron chi connectivity index (χ4n) is 12.0. The van der Waals surface area contributed by atoms with E-state index in [-0.39, 0.29) is 0 Å². The Labute approximate surface area is 493 Å². The fraction of sp³-hybridized carbons (Fsp3) is 0.686. The van der Waals surface area contributed by atoms with E-state index in [2.05, 4.69) is 111 Å². The quantitative estimate of drug-likeness (QED) is 0.0264. The van der Waals surface area contributed by atoms with Crippen LogP contribution < -0.4 is 2.89 Å². The van der Waals surface area contributed by atoms with Crippen LogP contribution >= 0.6 is 56.7 Å². The van der Waals surface area contributed by atoms with Gasteiger partial charge in [0.05, 0.1) is 0 Å². The first-order valence-corrected chi connectivity index (χ1v) is 44.4. The molecule has 0 unspecified atom stereocenters. The number of thiophene rings is 5. The zero-order valence-electron chi connectivity index (χ0n) is 50.0. The van der Waals surface area contributed by atoms with Gasteiger partial charge in [0.1, 0.15) is 0 Å². The summed E-state index contributed by atoms with van der Waals surface area (Å²) in [5.41, 5.74) is 4.93. The summed E-state index contributed by atoms with van der Waals surface area (Å²) in [5, 5.41) is 9.99. The Kier molecular flexibility index (Phi) is 35.6. The maximum absolute atomic E-state index is 2.53. The minimum absolute atomic E-state index is 1.22. The average Bonchev–Trinajstić information content (AvgIpc) is 4.33. The van der Waals surface area contributed by atoms with Crippen molar-refractivity contribution in [2.24, 2.45) is 0 Å². The molecule has 0 atom stereocenters. The molecule has 0 bridgehead atoms. The third-order valence-corrected chi connectivity index (χ3v) is 40.8. The molecule has 0 saturated heterocycles. The maximum atomic E-state index is 2.53. The van der Waals surface area contributed by atoms with Crippen molar-refractivity contribution in [1.29, 1.82) is 0 Å². The monoisotopic (exact) mass is 1230 g/mol. The molecule has 0 amide bonds. The summed E-state index contributed by atoms with van der Waals surface area (Å²) >= 11 is 7.83. The van der Waals surface area contributed by atoms with Crippen LogP contribution in [0.2, 0.25) is 13.3 Å². The van der Waals surface area contributed by atoms with Gasteiger partial charge in [-0.3, -0.25) is 0 Å². The summed E-state index contributed by atoms with van der Waals surface area (Å²) in [6, 6.07) is 17.1. The van der Waals surface area contributed by atoms with Crippen molar-refractivity contribution < 1.29 is 0 Å². The molecular formula is C70H112S5Sn. The SMILES string of the molecule is CCCCCCCCCCCCc1ccs[c]1[Sn]([CH2]CCC)([CH2]CCC)[CH2]CCC.CCCCCCCCCCCCc1ccsc1-c1cc2c(ccc3sc(-c4sccc4CCCCCCCCCCCC)cc32)s1. The largest absolute Gasteiger partial charge is 0.143 e. The third-order valence-electron chi connectivity index (χ3n) is 16.8. The third kappa shape index (κ3) is 23.5. The summed E-state index contributed by atoms with van der Waals surface area (Å²) in [5.74, 6) is 0. The summed E-state index contributed by atoms with van der Waals surface area (Å²) in [7, 11) is 0. The number of rotatable bonds is 45. The van der Waals surface area contributed by atoms with E-state index < -0.39 is 18.4 Å². The number of unbranched alkanes of at least 4 members (excludes halogenated alkanes) is 30. The maximum Gasteiger partial charge on any atom is 0.0474 e. The van der Waals surface area contributed by atoms with Gasteiger partial charge in [-0.2, -0.15) is 0 Å². The first kappa shape index (κ1) is 65.8. The summed E-state index contributed by atoms with van der Waals surface area (Å²) in [6.45, 7) is 14.1. The van der Waals surface area contributed by atoms with Crippen LogP contribution in [0.4, 0.5) is 0 Å². The van der Waals surface area contributed by atoms with E-state index in [9.17, 15) is 0 Å². The number of aryl methyl sites for hydroxylation is 3. The number of hydrogen-bond donors (Lipinski definition) is 0. The molecule has 0 saturated carbocycles. The van der Waals surface area contributed by atoms with Crippen molar-refractivity contribution in [3.05, 3.63) is 75.3 Å². The molecule has 0 aliphatic rings. The average molecular weight is 1230 g/mol. The smallest absolute Gasteiger partial charge is 0.0474 e. The Hall–Kier alpha value is -0.961. The van der Waals surface area contributed by atoms with E-state index in [1.165, 1.54) is 290 Å². The zero-order valence-corrected chi connectivity index (χ0v) is 56.9. The number of benzene rings is 1. The Bertz CT molecular complexity index is 2180. The van der Waals surface area contributed by atoms with Crippen LogP contribution in [0.1, 0.15) is 289 Å². The molecule has 426 valence electrons. The van der Waals surface area contributed by atoms with Crippen molar-refractivity contribution >= 4 is 98.1 Å². The standard InChI is InChI=1S/C42H58S4.C16H27S.3C4H9.Sn/c1-3-5-7-9-11-13-15-17-19-21-23-33-27-29-43-41(33)39-31-35-36-32-40(46-38(36)26-25-37(35)45-39)42-34(28-30-44-42)24-22-20-18-16-14-12-10-8-6-4-2;1-2-3-4-5-6-7-8-9-10-11-12-16-13-14-17-15-16;3*1-3-4-2;/h25-32H,3-24H2,1-2H3;13-14H,2-12H2,1H3;3*1,3-4H2,2H3;. The van der Waals surface area contributed by atoms with E-state index in [1.807, 2.05) is 48.2 Å². The molecule has 5 aromatic heterocycles. The molecule has 6 heteroatoms. The van der Waals surface area contributed by atoms with Crippen LogP contribution in [0, 0.1) is 0 Å². The minimum Gasteiger partial charge on any atom is -0.143 e. The first-order chi connectivity index (χ1) is 37.5. The summed E-state index contributed by atoms with van der Waals surface area (Å²) < 4.78 is 9.73. The van der Waals surface area contributed by atoms with Crippen molar-refractivity contribution in [2.45, 2.75) is 305 Å². The Morgan fingerprint density at radius 3 is 0.934 bits per heavy atom. The van der Waals surface area contributed by atoms with Crippen LogP contribution in [0.25, 0.3) is 39.7 Å². The second kappa shape index (κ2) is 41.1. The van der Waals surface area contributed by atoms with Gasteiger partial charge in [0, 0.05) is 39.7 Å². The molecule has 0 aliphatic heterocycles. The van der Waals surface area contributed by atoms with Crippen LogP contribution in [0.3, 0.4) is 0 Å². The van der Waals surface area contributed by atoms with Crippen LogP contribution in [0.5, 0.6) is 0 Å². The van der Waals surface area contributed by atoms with E-state index >= 15 is 0 Å². The summed E-state index contributed by atoms with van der Waals surface area (Å²) in [6.07, 6.45) is 55.0. The Balaban J connectivity index is 0.000000309. The first-order valence-electron chi connectivity index (χ1n) is 32.7. The second-order valence-corrected chi connectivity index (χ2v) is 42.3. The normalized spacial score (nSPS) is 11.9. The van der Waals surface area contributed by atoms with Crippen molar-refractivity contribution in [3.63, 3.8) is 0 Å². The van der Waals surface area contributed by atoms with Gasteiger partial charge < -0.3 is 0 Å². The van der Waals surface area contributed by atoms with Gasteiger partial charge in [0.15, 0.2) is 0 Å². The Morgan fingerprint density at radius 1 is 0.303 bits per heavy atom. The van der Waals surface area contributed by atoms with Crippen LogP contribution in [-0.2, 0) is 19.3 Å². The van der Waals surface area contributed by atoms with Crippen LogP contribution in [-0.4, -0.2) is 18.4 Å². The predicted molar refractivity (Wildman–Crippen MR) is 359 cm³/mol. The van der Waals surface area contributed by atoms with E-state index in [1.54, 1.807) is 30.0 Å². The van der Waals surface area contributed by atoms with Gasteiger partial charge >= 0.3 is 186 Å². The Morgan fingerprint density at radius 2 is 0.592 bits per heavy atom.